The van der Waals surface area contributed by atoms with Crippen LogP contribution in [0.3, 0.4) is 0 Å². The third-order valence-electron chi connectivity index (χ3n) is 3.06. The van der Waals surface area contributed by atoms with Crippen LogP contribution in [0.1, 0.15) is 24.2 Å². The Morgan fingerprint density at radius 1 is 1.22 bits per heavy atom. The molecule has 0 fully saturated rings. The zero-order valence-electron chi connectivity index (χ0n) is 12.7. The molecule has 0 atom stereocenters. The summed E-state index contributed by atoms with van der Waals surface area (Å²) in [6.45, 7) is 3.88. The molecular formula is C17H15FN2O2S. The molecule has 2 aromatic carbocycles. The molecule has 1 N–H and O–H groups in total. The molecule has 1 heterocycles. The minimum atomic E-state index is -0.320. The van der Waals surface area contributed by atoms with Gasteiger partial charge in [0.25, 0.3) is 5.91 Å². The maximum absolute atomic E-state index is 13.2. The highest BCUT2D eigenvalue weighted by Crippen LogP contribution is 2.27. The van der Waals surface area contributed by atoms with Crippen LogP contribution in [0, 0.1) is 5.82 Å². The molecule has 0 saturated carbocycles. The van der Waals surface area contributed by atoms with Crippen LogP contribution in [0.5, 0.6) is 5.75 Å². The highest BCUT2D eigenvalue weighted by Gasteiger charge is 2.11. The molecule has 118 valence electrons. The van der Waals surface area contributed by atoms with E-state index in [9.17, 15) is 9.18 Å². The van der Waals surface area contributed by atoms with Crippen LogP contribution in [0.2, 0.25) is 0 Å². The van der Waals surface area contributed by atoms with E-state index in [2.05, 4.69) is 10.3 Å². The fourth-order valence-electron chi connectivity index (χ4n) is 2.08. The first kappa shape index (κ1) is 15.4. The minimum absolute atomic E-state index is 0.0813. The number of nitrogens with zero attached hydrogens (tertiary/aromatic N) is 1. The number of benzene rings is 2. The summed E-state index contributed by atoms with van der Waals surface area (Å²) in [5, 5.41) is 3.18. The molecule has 1 aromatic heterocycles. The highest BCUT2D eigenvalue weighted by atomic mass is 32.1. The summed E-state index contributed by atoms with van der Waals surface area (Å²) in [5.74, 6) is 0.132. The summed E-state index contributed by atoms with van der Waals surface area (Å²) in [6.07, 6.45) is 0.0813. The molecule has 0 radical (unpaired) electrons. The topological polar surface area (TPSA) is 51.2 Å². The smallest absolute Gasteiger partial charge is 0.257 e. The van der Waals surface area contributed by atoms with E-state index in [0.717, 1.165) is 0 Å². The number of amides is 1. The number of anilines is 1. The fraction of sp³-hybridized carbons (Fsp3) is 0.176. The average molecular weight is 330 g/mol. The molecular weight excluding hydrogens is 315 g/mol. The lowest BCUT2D eigenvalue weighted by atomic mass is 10.2. The third-order valence-corrected chi connectivity index (χ3v) is 3.99. The number of fused-ring (bicyclic) bond motifs is 1. The number of rotatable bonds is 4. The standard InChI is InChI=1S/C17H15FN2O2S/c1-10(2)22-13-6-3-11(4-7-13)16(21)20-17-19-14-8-5-12(18)9-15(14)23-17/h3-10H,1-2H3,(H,19,20,21). The van der Waals surface area contributed by atoms with Crippen molar-refractivity contribution in [1.29, 1.82) is 0 Å². The SMILES string of the molecule is CC(C)Oc1ccc(C(=O)Nc2nc3ccc(F)cc3s2)cc1. The largest absolute Gasteiger partial charge is 0.491 e. The van der Waals surface area contributed by atoms with Crippen molar-refractivity contribution in [1.82, 2.24) is 4.98 Å². The molecule has 0 bridgehead atoms. The second-order valence-corrected chi connectivity index (χ2v) is 6.31. The van der Waals surface area contributed by atoms with Crippen molar-refractivity contribution in [3.63, 3.8) is 0 Å². The number of ether oxygens (including phenoxy) is 1. The van der Waals surface area contributed by atoms with Gasteiger partial charge in [0.15, 0.2) is 5.13 Å². The molecule has 3 aromatic rings. The van der Waals surface area contributed by atoms with Crippen molar-refractivity contribution in [3.8, 4) is 5.75 Å². The molecule has 6 heteroatoms. The van der Waals surface area contributed by atoms with Crippen LogP contribution < -0.4 is 10.1 Å². The highest BCUT2D eigenvalue weighted by molar-refractivity contribution is 7.22. The predicted octanol–water partition coefficient (Wildman–Crippen LogP) is 4.47. The summed E-state index contributed by atoms with van der Waals surface area (Å²) in [5.41, 5.74) is 1.17. The Kier molecular flexibility index (Phi) is 4.25. The van der Waals surface area contributed by atoms with Gasteiger partial charge in [-0.3, -0.25) is 10.1 Å². The Hall–Kier alpha value is -2.47. The van der Waals surface area contributed by atoms with Gasteiger partial charge in [-0.2, -0.15) is 0 Å². The summed E-state index contributed by atoms with van der Waals surface area (Å²) < 4.78 is 19.4. The van der Waals surface area contributed by atoms with Crippen molar-refractivity contribution in [3.05, 3.63) is 53.8 Å². The molecule has 23 heavy (non-hydrogen) atoms. The lowest BCUT2D eigenvalue weighted by molar-refractivity contribution is 0.102. The predicted molar refractivity (Wildman–Crippen MR) is 89.7 cm³/mol. The second-order valence-electron chi connectivity index (χ2n) is 5.28. The average Bonchev–Trinajstić information content (AvgIpc) is 2.88. The lowest BCUT2D eigenvalue weighted by Crippen LogP contribution is -2.11. The first-order chi connectivity index (χ1) is 11.0. The quantitative estimate of drug-likeness (QED) is 0.767. The lowest BCUT2D eigenvalue weighted by Gasteiger charge is -2.09. The van der Waals surface area contributed by atoms with E-state index >= 15 is 0 Å². The van der Waals surface area contributed by atoms with Gasteiger partial charge in [-0.15, -0.1) is 0 Å². The van der Waals surface area contributed by atoms with Crippen molar-refractivity contribution in [2.45, 2.75) is 20.0 Å². The van der Waals surface area contributed by atoms with Gasteiger partial charge < -0.3 is 4.74 Å². The van der Waals surface area contributed by atoms with Crippen LogP contribution in [-0.4, -0.2) is 17.0 Å². The first-order valence-corrected chi connectivity index (χ1v) is 7.97. The van der Waals surface area contributed by atoms with E-state index in [4.69, 9.17) is 4.74 Å². The van der Waals surface area contributed by atoms with Gasteiger partial charge in [-0.1, -0.05) is 11.3 Å². The van der Waals surface area contributed by atoms with Crippen LogP contribution in [-0.2, 0) is 0 Å². The third kappa shape index (κ3) is 3.65. The van der Waals surface area contributed by atoms with Crippen LogP contribution in [0.4, 0.5) is 9.52 Å². The number of hydrogen-bond acceptors (Lipinski definition) is 4. The van der Waals surface area contributed by atoms with E-state index in [-0.39, 0.29) is 17.8 Å². The van der Waals surface area contributed by atoms with Gasteiger partial charge >= 0.3 is 0 Å². The van der Waals surface area contributed by atoms with Crippen LogP contribution >= 0.6 is 11.3 Å². The second kappa shape index (κ2) is 6.34. The normalized spacial score (nSPS) is 11.0. The minimum Gasteiger partial charge on any atom is -0.491 e. The van der Waals surface area contributed by atoms with Crippen LogP contribution in [0.25, 0.3) is 10.2 Å². The zero-order valence-corrected chi connectivity index (χ0v) is 13.5. The molecule has 1 amide bonds. The monoisotopic (exact) mass is 330 g/mol. The maximum Gasteiger partial charge on any atom is 0.257 e. The van der Waals surface area contributed by atoms with Gasteiger partial charge in [-0.25, -0.2) is 9.37 Å². The maximum atomic E-state index is 13.2. The summed E-state index contributed by atoms with van der Waals surface area (Å²) >= 11 is 1.24. The molecule has 0 unspecified atom stereocenters. The van der Waals surface area contributed by atoms with Crippen LogP contribution in [0.15, 0.2) is 42.5 Å². The number of carbonyl (C=O) groups is 1. The Labute approximate surface area is 136 Å². The molecule has 0 spiro atoms. The number of thiazole rings is 1. The molecule has 4 nitrogen and oxygen atoms in total. The fourth-order valence-corrected chi connectivity index (χ4v) is 2.96. The number of carbonyl (C=O) groups excluding carboxylic acids is 1. The number of nitrogens with one attached hydrogen (secondary N) is 1. The van der Waals surface area contributed by atoms with Gasteiger partial charge in [0.2, 0.25) is 0 Å². The Balaban J connectivity index is 1.74. The molecule has 0 aliphatic rings. The van der Waals surface area contributed by atoms with Gasteiger partial charge in [0.1, 0.15) is 11.6 Å². The zero-order chi connectivity index (χ0) is 16.4. The molecule has 0 aliphatic heterocycles. The van der Waals surface area contributed by atoms with E-state index in [1.165, 1.54) is 23.5 Å². The number of aromatic nitrogens is 1. The first-order valence-electron chi connectivity index (χ1n) is 7.15. The van der Waals surface area contributed by atoms with Gasteiger partial charge in [-0.05, 0) is 56.3 Å². The van der Waals surface area contributed by atoms with E-state index in [1.54, 1.807) is 30.3 Å². The Morgan fingerprint density at radius 2 is 1.96 bits per heavy atom. The number of halogens is 1. The van der Waals surface area contributed by atoms with E-state index in [1.807, 2.05) is 13.8 Å². The summed E-state index contributed by atoms with van der Waals surface area (Å²) in [7, 11) is 0. The molecule has 0 saturated heterocycles. The van der Waals surface area contributed by atoms with Crippen molar-refractivity contribution < 1.29 is 13.9 Å². The molecule has 3 rings (SSSR count). The van der Waals surface area contributed by atoms with E-state index < -0.39 is 0 Å². The Bertz CT molecular complexity index is 843. The summed E-state index contributed by atoms with van der Waals surface area (Å²) in [4.78, 5) is 16.5. The van der Waals surface area contributed by atoms with Crippen molar-refractivity contribution in [2.24, 2.45) is 0 Å². The molecule has 0 aliphatic carbocycles. The van der Waals surface area contributed by atoms with Crippen molar-refractivity contribution >= 4 is 32.6 Å². The van der Waals surface area contributed by atoms with E-state index in [0.29, 0.717) is 26.7 Å². The van der Waals surface area contributed by atoms with Gasteiger partial charge in [0, 0.05) is 5.56 Å². The number of hydrogen-bond donors (Lipinski definition) is 1. The Morgan fingerprint density at radius 3 is 2.65 bits per heavy atom. The van der Waals surface area contributed by atoms with Gasteiger partial charge in [0.05, 0.1) is 16.3 Å². The summed E-state index contributed by atoms with van der Waals surface area (Å²) in [6, 6.07) is 11.2. The van der Waals surface area contributed by atoms with Crippen molar-refractivity contribution in [2.75, 3.05) is 5.32 Å².